The molecule has 0 aliphatic carbocycles. The van der Waals surface area contributed by atoms with Crippen molar-refractivity contribution in [3.8, 4) is 5.75 Å². The zero-order valence-corrected chi connectivity index (χ0v) is 16.0. The zero-order valence-electron chi connectivity index (χ0n) is 15.2. The van der Waals surface area contributed by atoms with Crippen LogP contribution in [0.25, 0.3) is 0 Å². The molecule has 2 heterocycles. The van der Waals surface area contributed by atoms with Crippen molar-refractivity contribution in [2.75, 3.05) is 13.1 Å². The number of aryl methyl sites for hydroxylation is 1. The van der Waals surface area contributed by atoms with Crippen LogP contribution in [0.5, 0.6) is 5.75 Å². The van der Waals surface area contributed by atoms with Crippen molar-refractivity contribution in [1.82, 2.24) is 4.90 Å². The summed E-state index contributed by atoms with van der Waals surface area (Å²) >= 11 is 6.12. The van der Waals surface area contributed by atoms with Crippen molar-refractivity contribution in [3.63, 3.8) is 0 Å². The molecule has 0 unspecified atom stereocenters. The Balaban J connectivity index is 1.52. The molecule has 1 fully saturated rings. The van der Waals surface area contributed by atoms with Gasteiger partial charge in [-0.05, 0) is 42.8 Å². The number of piperidine rings is 1. The highest BCUT2D eigenvalue weighted by Crippen LogP contribution is 2.41. The number of Topliss-reactive ketones (excluding diaryl/α,β-unsaturated/α-hetero) is 1. The van der Waals surface area contributed by atoms with Crippen molar-refractivity contribution in [3.05, 3.63) is 63.7 Å². The second-order valence-corrected chi connectivity index (χ2v) is 7.81. The molecule has 0 bridgehead atoms. The van der Waals surface area contributed by atoms with E-state index in [1.165, 1.54) is 4.90 Å². The number of fused-ring (bicyclic) bond motifs is 1. The van der Waals surface area contributed by atoms with Crippen LogP contribution in [-0.4, -0.2) is 35.3 Å². The lowest BCUT2D eigenvalue weighted by molar-refractivity contribution is -0.00583. The topological polar surface area (TPSA) is 46.6 Å². The number of amides is 1. The molecule has 2 aliphatic heterocycles. The lowest BCUT2D eigenvalue weighted by atomic mass is 9.82. The van der Waals surface area contributed by atoms with Gasteiger partial charge in [0.15, 0.2) is 5.78 Å². The molecule has 1 amide bonds. The van der Waals surface area contributed by atoms with Gasteiger partial charge in [0.1, 0.15) is 23.0 Å². The number of hydrogen-bond acceptors (Lipinski definition) is 3. The van der Waals surface area contributed by atoms with Crippen LogP contribution >= 0.6 is 11.6 Å². The SMILES string of the molecule is Cc1cc2c(cc1Cl)C(=O)CC1(CCN(C(=O)c3cc(F)ccc3F)CC1)O2. The Bertz CT molecular complexity index is 984. The monoisotopic (exact) mass is 405 g/mol. The Kier molecular flexibility index (Phi) is 4.62. The minimum Gasteiger partial charge on any atom is -0.486 e. The van der Waals surface area contributed by atoms with Crippen LogP contribution in [-0.2, 0) is 0 Å². The fourth-order valence-corrected chi connectivity index (χ4v) is 4.01. The number of ether oxygens (including phenoxy) is 1. The number of carbonyl (C=O) groups is 2. The van der Waals surface area contributed by atoms with Crippen LogP contribution < -0.4 is 4.74 Å². The van der Waals surface area contributed by atoms with Crippen LogP contribution in [0.3, 0.4) is 0 Å². The number of ketones is 1. The number of halogens is 3. The van der Waals surface area contributed by atoms with E-state index in [1.54, 1.807) is 12.1 Å². The maximum atomic E-state index is 13.9. The third-order valence-electron chi connectivity index (χ3n) is 5.49. The first-order valence-corrected chi connectivity index (χ1v) is 9.42. The average molecular weight is 406 g/mol. The quantitative estimate of drug-likeness (QED) is 0.698. The average Bonchev–Trinajstić information content (AvgIpc) is 2.65. The molecule has 0 aromatic heterocycles. The first-order valence-electron chi connectivity index (χ1n) is 9.05. The maximum Gasteiger partial charge on any atom is 0.256 e. The third kappa shape index (κ3) is 3.26. The molecule has 1 saturated heterocycles. The molecule has 28 heavy (non-hydrogen) atoms. The summed E-state index contributed by atoms with van der Waals surface area (Å²) < 4.78 is 33.5. The van der Waals surface area contributed by atoms with Gasteiger partial charge >= 0.3 is 0 Å². The molecule has 7 heteroatoms. The molecule has 0 radical (unpaired) electrons. The number of hydrogen-bond donors (Lipinski definition) is 0. The van der Waals surface area contributed by atoms with Crippen molar-refractivity contribution >= 4 is 23.3 Å². The van der Waals surface area contributed by atoms with E-state index in [0.29, 0.717) is 42.3 Å². The Morgan fingerprint density at radius 3 is 2.61 bits per heavy atom. The second-order valence-electron chi connectivity index (χ2n) is 7.40. The summed E-state index contributed by atoms with van der Waals surface area (Å²) in [6.45, 7) is 2.43. The Morgan fingerprint density at radius 2 is 1.89 bits per heavy atom. The van der Waals surface area contributed by atoms with Gasteiger partial charge in [-0.2, -0.15) is 0 Å². The van der Waals surface area contributed by atoms with E-state index in [2.05, 4.69) is 0 Å². The van der Waals surface area contributed by atoms with E-state index in [0.717, 1.165) is 23.8 Å². The number of carbonyl (C=O) groups excluding carboxylic acids is 2. The molecule has 0 saturated carbocycles. The van der Waals surface area contributed by atoms with Gasteiger partial charge in [0.05, 0.1) is 17.5 Å². The molecule has 1 spiro atoms. The smallest absolute Gasteiger partial charge is 0.256 e. The summed E-state index contributed by atoms with van der Waals surface area (Å²) in [5.74, 6) is -1.51. The fourth-order valence-electron chi connectivity index (χ4n) is 3.84. The predicted octanol–water partition coefficient (Wildman–Crippen LogP) is 4.57. The van der Waals surface area contributed by atoms with Crippen molar-refractivity contribution < 1.29 is 23.1 Å². The second kappa shape index (κ2) is 6.85. The van der Waals surface area contributed by atoms with E-state index < -0.39 is 23.1 Å². The first kappa shape index (κ1) is 18.9. The van der Waals surface area contributed by atoms with Gasteiger partial charge < -0.3 is 9.64 Å². The van der Waals surface area contributed by atoms with E-state index in [1.807, 2.05) is 6.92 Å². The van der Waals surface area contributed by atoms with Crippen molar-refractivity contribution in [2.24, 2.45) is 0 Å². The Morgan fingerprint density at radius 1 is 1.18 bits per heavy atom. The summed E-state index contributed by atoms with van der Waals surface area (Å²) in [7, 11) is 0. The van der Waals surface area contributed by atoms with Crippen molar-refractivity contribution in [2.45, 2.75) is 31.8 Å². The number of rotatable bonds is 1. The molecular formula is C21H18ClF2NO3. The van der Waals surface area contributed by atoms with E-state index >= 15 is 0 Å². The lowest BCUT2D eigenvalue weighted by Gasteiger charge is -2.44. The molecular weight excluding hydrogens is 388 g/mol. The van der Waals surface area contributed by atoms with Crippen LogP contribution in [0.1, 0.15) is 45.5 Å². The van der Waals surface area contributed by atoms with Crippen LogP contribution in [0.15, 0.2) is 30.3 Å². The van der Waals surface area contributed by atoms with E-state index in [4.69, 9.17) is 16.3 Å². The first-order chi connectivity index (χ1) is 13.3. The van der Waals surface area contributed by atoms with Crippen LogP contribution in [0.4, 0.5) is 8.78 Å². The molecule has 146 valence electrons. The normalized spacial score (nSPS) is 18.0. The van der Waals surface area contributed by atoms with E-state index in [-0.39, 0.29) is 17.8 Å². The number of benzene rings is 2. The van der Waals surface area contributed by atoms with Gasteiger partial charge in [-0.25, -0.2) is 8.78 Å². The van der Waals surface area contributed by atoms with E-state index in [9.17, 15) is 18.4 Å². The van der Waals surface area contributed by atoms with Gasteiger partial charge in [-0.1, -0.05) is 11.6 Å². The maximum absolute atomic E-state index is 13.9. The summed E-state index contributed by atoms with van der Waals surface area (Å²) in [6, 6.07) is 6.22. The molecule has 2 aromatic rings. The lowest BCUT2D eigenvalue weighted by Crippen LogP contribution is -2.52. The zero-order chi connectivity index (χ0) is 20.1. The number of likely N-dealkylation sites (tertiary alicyclic amines) is 1. The standard InChI is InChI=1S/C21H18ClF2NO3/c1-12-8-19-15(10-16(12)22)18(26)11-21(28-19)4-6-25(7-5-21)20(27)14-9-13(23)2-3-17(14)24/h2-3,8-10H,4-7,11H2,1H3. The van der Waals surface area contributed by atoms with Gasteiger partial charge in [0.2, 0.25) is 0 Å². The minimum atomic E-state index is -0.753. The van der Waals surface area contributed by atoms with Gasteiger partial charge in [-0.3, -0.25) is 9.59 Å². The van der Waals surface area contributed by atoms with Gasteiger partial charge in [0.25, 0.3) is 5.91 Å². The van der Waals surface area contributed by atoms with Crippen molar-refractivity contribution in [1.29, 1.82) is 0 Å². The highest BCUT2D eigenvalue weighted by Gasteiger charge is 2.44. The Hall–Kier alpha value is -2.47. The fraction of sp³-hybridized carbons (Fsp3) is 0.333. The summed E-state index contributed by atoms with van der Waals surface area (Å²) in [5, 5.41) is 0.518. The minimum absolute atomic E-state index is 0.0425. The molecule has 2 aromatic carbocycles. The summed E-state index contributed by atoms with van der Waals surface area (Å²) in [6.07, 6.45) is 1.07. The predicted molar refractivity (Wildman–Crippen MR) is 100.0 cm³/mol. The largest absolute Gasteiger partial charge is 0.486 e. The molecule has 0 N–H and O–H groups in total. The number of nitrogens with zero attached hydrogens (tertiary/aromatic N) is 1. The highest BCUT2D eigenvalue weighted by atomic mass is 35.5. The summed E-state index contributed by atoms with van der Waals surface area (Å²) in [4.78, 5) is 26.7. The molecule has 0 atom stereocenters. The molecule has 2 aliphatic rings. The molecule has 4 rings (SSSR count). The van der Waals surface area contributed by atoms with Gasteiger partial charge in [-0.15, -0.1) is 0 Å². The highest BCUT2D eigenvalue weighted by molar-refractivity contribution is 6.31. The van der Waals surface area contributed by atoms with Crippen LogP contribution in [0, 0.1) is 18.6 Å². The Labute approximate surface area is 166 Å². The van der Waals surface area contributed by atoms with Gasteiger partial charge in [0, 0.05) is 31.0 Å². The summed E-state index contributed by atoms with van der Waals surface area (Å²) in [5.41, 5.74) is 0.315. The molecule has 4 nitrogen and oxygen atoms in total. The third-order valence-corrected chi connectivity index (χ3v) is 5.90. The van der Waals surface area contributed by atoms with Crippen LogP contribution in [0.2, 0.25) is 5.02 Å².